The van der Waals surface area contributed by atoms with Crippen LogP contribution in [-0.4, -0.2) is 11.8 Å². The van der Waals surface area contributed by atoms with Crippen LogP contribution in [0.25, 0.3) is 0 Å². The van der Waals surface area contributed by atoms with Gasteiger partial charge in [0.25, 0.3) is 0 Å². The largest absolute Gasteiger partial charge is 0.431 e. The highest BCUT2D eigenvalue weighted by Crippen LogP contribution is 2.73. The normalized spacial score (nSPS) is 41.7. The molecule has 104 valence electrons. The molecular formula is C16H22O3. The van der Waals surface area contributed by atoms with E-state index in [0.717, 1.165) is 17.8 Å². The van der Waals surface area contributed by atoms with Crippen molar-refractivity contribution in [3.63, 3.8) is 0 Å². The Kier molecular flexibility index (Phi) is 2.84. The average molecular weight is 262 g/mol. The van der Waals surface area contributed by atoms with Crippen molar-refractivity contribution in [2.75, 3.05) is 0 Å². The molecule has 0 N–H and O–H groups in total. The first-order valence-electron chi connectivity index (χ1n) is 7.28. The molecule has 0 amide bonds. The average Bonchev–Trinajstić information content (AvgIpc) is 2.74. The van der Waals surface area contributed by atoms with Gasteiger partial charge >= 0.3 is 5.97 Å². The number of carbonyl (C=O) groups excluding carboxylic acids is 2. The van der Waals surface area contributed by atoms with E-state index in [2.05, 4.69) is 0 Å². The summed E-state index contributed by atoms with van der Waals surface area (Å²) in [5, 5.41) is 0. The fourth-order valence-electron chi connectivity index (χ4n) is 4.84. The number of hydrogen-bond acceptors (Lipinski definition) is 3. The number of Topliss-reactive ketones (excluding diaryl/α,β-unsaturated/α-hetero) is 1. The summed E-state index contributed by atoms with van der Waals surface area (Å²) in [6.07, 6.45) is 2.28. The monoisotopic (exact) mass is 262 g/mol. The first kappa shape index (κ1) is 12.9. The van der Waals surface area contributed by atoms with Gasteiger partial charge in [-0.3, -0.25) is 9.59 Å². The molecule has 3 nitrogen and oxygen atoms in total. The smallest absolute Gasteiger partial charge is 0.307 e. The van der Waals surface area contributed by atoms with E-state index in [1.165, 1.54) is 13.3 Å². The number of ether oxygens (including phenoxy) is 1. The van der Waals surface area contributed by atoms with E-state index in [-0.39, 0.29) is 11.9 Å². The number of hydrogen-bond donors (Lipinski definition) is 0. The highest BCUT2D eigenvalue weighted by atomic mass is 16.5. The summed E-state index contributed by atoms with van der Waals surface area (Å²) in [5.41, 5.74) is 1.10. The van der Waals surface area contributed by atoms with Crippen LogP contribution in [-0.2, 0) is 14.3 Å². The highest BCUT2D eigenvalue weighted by molar-refractivity contribution is 5.79. The molecule has 0 heterocycles. The molecule has 3 heteroatoms. The first-order valence-corrected chi connectivity index (χ1v) is 7.28. The molecule has 6 atom stereocenters. The second kappa shape index (κ2) is 4.19. The standard InChI is InChI=1S/C16H22O3/c1-7(2)16(19-9(4)18)15-13-10-5-11(8(3)17)12(6-10)14(13)15/h10-15H,5-6H2,1-4H3/t10-,11+,12-,13+,14-,15-/m0/s1. The van der Waals surface area contributed by atoms with Crippen molar-refractivity contribution in [1.82, 2.24) is 0 Å². The van der Waals surface area contributed by atoms with Crippen LogP contribution in [0.4, 0.5) is 0 Å². The third-order valence-corrected chi connectivity index (χ3v) is 5.39. The number of allylic oxidation sites excluding steroid dienone is 2. The zero-order chi connectivity index (χ0) is 13.9. The number of rotatable bonds is 3. The molecule has 3 fully saturated rings. The molecule has 0 aromatic heterocycles. The summed E-state index contributed by atoms with van der Waals surface area (Å²) in [7, 11) is 0. The summed E-state index contributed by atoms with van der Waals surface area (Å²) in [6, 6.07) is 0. The van der Waals surface area contributed by atoms with Crippen molar-refractivity contribution in [2.45, 2.75) is 40.5 Å². The predicted molar refractivity (Wildman–Crippen MR) is 71.0 cm³/mol. The lowest BCUT2D eigenvalue weighted by Gasteiger charge is -2.18. The molecule has 3 rings (SSSR count). The lowest BCUT2D eigenvalue weighted by molar-refractivity contribution is -0.137. The maximum Gasteiger partial charge on any atom is 0.307 e. The third-order valence-electron chi connectivity index (χ3n) is 5.39. The SMILES string of the molecule is CC(=O)OC(=C(C)C)[C@@H]1[C@H]2[C@H]3C[C@H](C[C@@H]3C(C)=O)[C@@H]12. The van der Waals surface area contributed by atoms with E-state index in [1.54, 1.807) is 6.92 Å². The fraction of sp³-hybridized carbons (Fsp3) is 0.750. The second-order valence-corrected chi connectivity index (χ2v) is 6.75. The van der Waals surface area contributed by atoms with Crippen LogP contribution in [0, 0.1) is 35.5 Å². The molecule has 0 spiro atoms. The summed E-state index contributed by atoms with van der Waals surface area (Å²) in [4.78, 5) is 22.9. The molecule has 0 aliphatic heterocycles. The summed E-state index contributed by atoms with van der Waals surface area (Å²) in [6.45, 7) is 7.22. The minimum Gasteiger partial charge on any atom is -0.431 e. The molecular weight excluding hydrogens is 240 g/mol. The molecule has 3 aliphatic carbocycles. The fourth-order valence-corrected chi connectivity index (χ4v) is 4.84. The van der Waals surface area contributed by atoms with Gasteiger partial charge in [-0.05, 0) is 62.9 Å². The Bertz CT molecular complexity index is 472. The van der Waals surface area contributed by atoms with Gasteiger partial charge in [-0.15, -0.1) is 0 Å². The molecule has 3 aliphatic rings. The van der Waals surface area contributed by atoms with Gasteiger partial charge in [-0.1, -0.05) is 0 Å². The Morgan fingerprint density at radius 2 is 1.68 bits per heavy atom. The lowest BCUT2D eigenvalue weighted by atomic mass is 9.86. The highest BCUT2D eigenvalue weighted by Gasteiger charge is 2.69. The van der Waals surface area contributed by atoms with Gasteiger partial charge in [0.15, 0.2) is 0 Å². The predicted octanol–water partition coefficient (Wildman–Crippen LogP) is 2.95. The molecule has 3 saturated carbocycles. The van der Waals surface area contributed by atoms with Gasteiger partial charge in [-0.25, -0.2) is 0 Å². The van der Waals surface area contributed by atoms with Crippen LogP contribution in [0.2, 0.25) is 0 Å². The molecule has 0 unspecified atom stereocenters. The van der Waals surface area contributed by atoms with Gasteiger partial charge in [-0.2, -0.15) is 0 Å². The van der Waals surface area contributed by atoms with Gasteiger partial charge in [0.1, 0.15) is 11.5 Å². The maximum atomic E-state index is 11.7. The van der Waals surface area contributed by atoms with Crippen molar-refractivity contribution in [2.24, 2.45) is 35.5 Å². The van der Waals surface area contributed by atoms with Crippen molar-refractivity contribution < 1.29 is 14.3 Å². The molecule has 0 aromatic carbocycles. The minimum absolute atomic E-state index is 0.225. The lowest BCUT2D eigenvalue weighted by Crippen LogP contribution is -2.20. The zero-order valence-electron chi connectivity index (χ0n) is 12.1. The summed E-state index contributed by atoms with van der Waals surface area (Å²) in [5.74, 6) is 4.18. The van der Waals surface area contributed by atoms with E-state index in [0.29, 0.717) is 35.4 Å². The van der Waals surface area contributed by atoms with E-state index < -0.39 is 0 Å². The first-order chi connectivity index (χ1) is 8.91. The van der Waals surface area contributed by atoms with Crippen LogP contribution in [0.5, 0.6) is 0 Å². The maximum absolute atomic E-state index is 11.7. The molecule has 0 saturated heterocycles. The molecule has 0 radical (unpaired) electrons. The van der Waals surface area contributed by atoms with Crippen LogP contribution in [0.1, 0.15) is 40.5 Å². The van der Waals surface area contributed by atoms with Crippen LogP contribution >= 0.6 is 0 Å². The van der Waals surface area contributed by atoms with Gasteiger partial charge < -0.3 is 4.74 Å². The van der Waals surface area contributed by atoms with Crippen molar-refractivity contribution in [3.05, 3.63) is 11.3 Å². The quantitative estimate of drug-likeness (QED) is 0.580. The van der Waals surface area contributed by atoms with Crippen LogP contribution in [0.3, 0.4) is 0 Å². The number of ketones is 1. The molecule has 2 bridgehead atoms. The summed E-state index contributed by atoms with van der Waals surface area (Å²) >= 11 is 0. The zero-order valence-corrected chi connectivity index (χ0v) is 12.1. The van der Waals surface area contributed by atoms with Gasteiger partial charge in [0, 0.05) is 18.8 Å². The Morgan fingerprint density at radius 1 is 1.00 bits per heavy atom. The van der Waals surface area contributed by atoms with Crippen molar-refractivity contribution in [3.8, 4) is 0 Å². The van der Waals surface area contributed by atoms with Gasteiger partial charge in [0.2, 0.25) is 0 Å². The number of fused-ring (bicyclic) bond motifs is 5. The Balaban J connectivity index is 1.80. The van der Waals surface area contributed by atoms with E-state index in [9.17, 15) is 9.59 Å². The topological polar surface area (TPSA) is 43.4 Å². The second-order valence-electron chi connectivity index (χ2n) is 6.75. The third kappa shape index (κ3) is 1.86. The molecule has 19 heavy (non-hydrogen) atoms. The Morgan fingerprint density at radius 3 is 2.21 bits per heavy atom. The molecule has 0 aromatic rings. The number of carbonyl (C=O) groups is 2. The van der Waals surface area contributed by atoms with E-state index >= 15 is 0 Å². The minimum atomic E-state index is -0.225. The van der Waals surface area contributed by atoms with Crippen molar-refractivity contribution in [1.29, 1.82) is 0 Å². The van der Waals surface area contributed by atoms with Crippen LogP contribution < -0.4 is 0 Å². The van der Waals surface area contributed by atoms with Crippen LogP contribution in [0.15, 0.2) is 11.3 Å². The Hall–Kier alpha value is -1.12. The van der Waals surface area contributed by atoms with Gasteiger partial charge in [0.05, 0.1) is 0 Å². The van der Waals surface area contributed by atoms with Crippen molar-refractivity contribution >= 4 is 11.8 Å². The van der Waals surface area contributed by atoms with E-state index in [4.69, 9.17) is 4.74 Å². The Labute approximate surface area is 114 Å². The van der Waals surface area contributed by atoms with E-state index in [1.807, 2.05) is 13.8 Å². The summed E-state index contributed by atoms with van der Waals surface area (Å²) < 4.78 is 5.45. The number of esters is 1.